The molecule has 110 valence electrons. The van der Waals surface area contributed by atoms with Gasteiger partial charge >= 0.3 is 5.97 Å². The quantitative estimate of drug-likeness (QED) is 0.811. The smallest absolute Gasteiger partial charge is 0.303 e. The van der Waals surface area contributed by atoms with Gasteiger partial charge in [-0.1, -0.05) is 15.9 Å². The molecule has 4 nitrogen and oxygen atoms in total. The second kappa shape index (κ2) is 6.26. The van der Waals surface area contributed by atoms with Gasteiger partial charge in [0.05, 0.1) is 19.3 Å². The highest BCUT2D eigenvalue weighted by molar-refractivity contribution is 9.10. The number of carboxylic acid groups (broad SMARTS) is 1. The van der Waals surface area contributed by atoms with E-state index < -0.39 is 16.8 Å². The summed E-state index contributed by atoms with van der Waals surface area (Å²) >= 11 is 3.39. The van der Waals surface area contributed by atoms with Gasteiger partial charge in [0.2, 0.25) is 0 Å². The van der Waals surface area contributed by atoms with Gasteiger partial charge in [0.1, 0.15) is 5.75 Å². The molecule has 0 amide bonds. The summed E-state index contributed by atoms with van der Waals surface area (Å²) in [5, 5.41) is 8.89. The second-order valence-corrected chi connectivity index (χ2v) is 7.63. The zero-order valence-electron chi connectivity index (χ0n) is 11.2. The number of ether oxygens (including phenoxy) is 1. The van der Waals surface area contributed by atoms with E-state index in [0.717, 1.165) is 22.9 Å². The molecule has 0 aliphatic heterocycles. The van der Waals surface area contributed by atoms with Crippen LogP contribution in [0.3, 0.4) is 0 Å². The normalized spacial score (nSPS) is 17.5. The number of rotatable bonds is 7. The van der Waals surface area contributed by atoms with E-state index in [1.54, 1.807) is 7.11 Å². The molecule has 1 aromatic carbocycles. The molecule has 1 aromatic rings. The molecule has 0 radical (unpaired) electrons. The lowest BCUT2D eigenvalue weighted by Crippen LogP contribution is -2.17. The van der Waals surface area contributed by atoms with Crippen LogP contribution in [0.1, 0.15) is 24.8 Å². The van der Waals surface area contributed by atoms with Gasteiger partial charge in [-0.05, 0) is 36.5 Å². The Bertz CT molecular complexity index is 540. The molecule has 20 heavy (non-hydrogen) atoms. The Morgan fingerprint density at radius 3 is 2.75 bits per heavy atom. The first-order valence-electron chi connectivity index (χ1n) is 6.33. The van der Waals surface area contributed by atoms with Crippen molar-refractivity contribution in [1.82, 2.24) is 0 Å². The Labute approximate surface area is 129 Å². The van der Waals surface area contributed by atoms with E-state index in [9.17, 15) is 9.00 Å². The Morgan fingerprint density at radius 1 is 1.50 bits per heavy atom. The van der Waals surface area contributed by atoms with Crippen LogP contribution in [0.15, 0.2) is 22.7 Å². The van der Waals surface area contributed by atoms with Gasteiger partial charge in [-0.15, -0.1) is 0 Å². The summed E-state index contributed by atoms with van der Waals surface area (Å²) < 4.78 is 18.5. The number of methoxy groups -OCH3 is 1. The van der Waals surface area contributed by atoms with E-state index in [-0.39, 0.29) is 11.8 Å². The molecule has 0 heterocycles. The van der Waals surface area contributed by atoms with Gasteiger partial charge in [-0.25, -0.2) is 0 Å². The Morgan fingerprint density at radius 2 is 2.20 bits per heavy atom. The topological polar surface area (TPSA) is 63.6 Å². The molecule has 1 N–H and O–H groups in total. The average molecular weight is 361 g/mol. The predicted octanol–water partition coefficient (Wildman–Crippen LogP) is 2.96. The van der Waals surface area contributed by atoms with Crippen molar-refractivity contribution in [3.63, 3.8) is 0 Å². The highest BCUT2D eigenvalue weighted by Crippen LogP contribution is 2.49. The summed E-state index contributed by atoms with van der Waals surface area (Å²) in [6, 6.07) is 5.60. The molecule has 6 heteroatoms. The summed E-state index contributed by atoms with van der Waals surface area (Å²) in [4.78, 5) is 10.8. The van der Waals surface area contributed by atoms with Gasteiger partial charge in [-0.2, -0.15) is 0 Å². The fourth-order valence-corrected chi connectivity index (χ4v) is 4.45. The van der Waals surface area contributed by atoms with Crippen LogP contribution >= 0.6 is 15.9 Å². The van der Waals surface area contributed by atoms with Gasteiger partial charge in [0.25, 0.3) is 0 Å². The third-order valence-corrected chi connectivity index (χ3v) is 5.57. The zero-order valence-corrected chi connectivity index (χ0v) is 13.6. The molecule has 0 aromatic heterocycles. The van der Waals surface area contributed by atoms with Crippen molar-refractivity contribution in [2.24, 2.45) is 5.41 Å². The first-order chi connectivity index (χ1) is 9.44. The monoisotopic (exact) mass is 360 g/mol. The number of aliphatic carboxylic acids is 1. The number of halogens is 1. The van der Waals surface area contributed by atoms with Crippen LogP contribution in [-0.2, 0) is 21.3 Å². The van der Waals surface area contributed by atoms with Crippen molar-refractivity contribution in [1.29, 1.82) is 0 Å². The molecule has 1 aliphatic carbocycles. The molecule has 0 spiro atoms. The number of carbonyl (C=O) groups is 1. The van der Waals surface area contributed by atoms with Crippen molar-refractivity contribution < 1.29 is 18.8 Å². The van der Waals surface area contributed by atoms with Crippen LogP contribution in [0.2, 0.25) is 0 Å². The molecular formula is C14H17BrO4S. The first-order valence-corrected chi connectivity index (χ1v) is 8.61. The second-order valence-electron chi connectivity index (χ2n) is 5.26. The summed E-state index contributed by atoms with van der Waals surface area (Å²) in [7, 11) is 0.507. The summed E-state index contributed by atoms with van der Waals surface area (Å²) in [5.74, 6) is 0.753. The minimum Gasteiger partial charge on any atom is -0.496 e. The lowest BCUT2D eigenvalue weighted by Gasteiger charge is -2.13. The standard InChI is InChI=1S/C14H17BrO4S/c1-19-12-3-2-11(15)6-10(12)8-20(18)9-14(4-5-14)7-13(16)17/h2-3,6H,4-5,7-9H2,1H3,(H,16,17). The number of benzene rings is 1. The van der Waals surface area contributed by atoms with Crippen LogP contribution in [0.25, 0.3) is 0 Å². The molecule has 1 aliphatic rings. The van der Waals surface area contributed by atoms with Crippen LogP contribution < -0.4 is 4.74 Å². The Hall–Kier alpha value is -0.880. The largest absolute Gasteiger partial charge is 0.496 e. The third-order valence-electron chi connectivity index (χ3n) is 3.51. The number of hydrogen-bond donors (Lipinski definition) is 1. The van der Waals surface area contributed by atoms with E-state index in [2.05, 4.69) is 15.9 Å². The SMILES string of the molecule is COc1ccc(Br)cc1CS(=O)CC1(CC(=O)O)CC1. The van der Waals surface area contributed by atoms with Gasteiger partial charge < -0.3 is 9.84 Å². The van der Waals surface area contributed by atoms with Crippen molar-refractivity contribution in [3.8, 4) is 5.75 Å². The van der Waals surface area contributed by atoms with E-state index in [1.165, 1.54) is 0 Å². The van der Waals surface area contributed by atoms with Gasteiger partial charge in [0, 0.05) is 26.6 Å². The van der Waals surface area contributed by atoms with Crippen LogP contribution in [0, 0.1) is 5.41 Å². The fourth-order valence-electron chi connectivity index (χ4n) is 2.30. The molecule has 1 fully saturated rings. The highest BCUT2D eigenvalue weighted by atomic mass is 79.9. The molecular weight excluding hydrogens is 344 g/mol. The maximum absolute atomic E-state index is 12.3. The first kappa shape index (κ1) is 15.5. The highest BCUT2D eigenvalue weighted by Gasteiger charge is 2.45. The van der Waals surface area contributed by atoms with Crippen LogP contribution in [0.4, 0.5) is 0 Å². The van der Waals surface area contributed by atoms with Crippen molar-refractivity contribution >= 4 is 32.7 Å². The predicted molar refractivity (Wildman–Crippen MR) is 81.3 cm³/mol. The van der Waals surface area contributed by atoms with E-state index in [4.69, 9.17) is 9.84 Å². The van der Waals surface area contributed by atoms with Crippen molar-refractivity contribution in [2.45, 2.75) is 25.0 Å². The Kier molecular flexibility index (Phi) is 4.86. The number of carboxylic acids is 1. The molecule has 1 unspecified atom stereocenters. The maximum atomic E-state index is 12.3. The fraction of sp³-hybridized carbons (Fsp3) is 0.500. The van der Waals surface area contributed by atoms with Gasteiger partial charge in [-0.3, -0.25) is 9.00 Å². The van der Waals surface area contributed by atoms with Crippen molar-refractivity contribution in [2.75, 3.05) is 12.9 Å². The Balaban J connectivity index is 2.02. The minimum absolute atomic E-state index is 0.119. The number of hydrogen-bond acceptors (Lipinski definition) is 3. The van der Waals surface area contributed by atoms with E-state index >= 15 is 0 Å². The molecule has 1 atom stereocenters. The van der Waals surface area contributed by atoms with E-state index in [0.29, 0.717) is 17.3 Å². The maximum Gasteiger partial charge on any atom is 0.303 e. The lowest BCUT2D eigenvalue weighted by molar-refractivity contribution is -0.138. The lowest BCUT2D eigenvalue weighted by atomic mass is 10.1. The molecule has 1 saturated carbocycles. The summed E-state index contributed by atoms with van der Waals surface area (Å²) in [6.45, 7) is 0. The van der Waals surface area contributed by atoms with E-state index in [1.807, 2.05) is 18.2 Å². The molecule has 0 bridgehead atoms. The third kappa shape index (κ3) is 4.06. The van der Waals surface area contributed by atoms with Crippen LogP contribution in [-0.4, -0.2) is 28.1 Å². The van der Waals surface area contributed by atoms with Crippen molar-refractivity contribution in [3.05, 3.63) is 28.2 Å². The van der Waals surface area contributed by atoms with Crippen LogP contribution in [0.5, 0.6) is 5.75 Å². The summed E-state index contributed by atoms with van der Waals surface area (Å²) in [6.07, 6.45) is 1.84. The molecule has 2 rings (SSSR count). The zero-order chi connectivity index (χ0) is 14.8. The summed E-state index contributed by atoms with van der Waals surface area (Å²) in [5.41, 5.74) is 0.641. The minimum atomic E-state index is -1.08. The average Bonchev–Trinajstić information content (AvgIpc) is 3.07. The van der Waals surface area contributed by atoms with Gasteiger partial charge in [0.15, 0.2) is 0 Å². The molecule has 0 saturated heterocycles.